The fourth-order valence-corrected chi connectivity index (χ4v) is 6.48. The number of nitrogens with zero attached hydrogens (tertiary/aromatic N) is 4. The molecule has 3 aromatic rings. The molecule has 2 aliphatic rings. The van der Waals surface area contributed by atoms with Crippen LogP contribution in [0.25, 0.3) is 0 Å². The molecule has 1 aromatic carbocycles. The Morgan fingerprint density at radius 3 is 2.62 bits per heavy atom. The molecular formula is C25H27F3N4O5S3. The summed E-state index contributed by atoms with van der Waals surface area (Å²) >= 11 is 7.06. The number of hydrogen-bond donors (Lipinski definition) is 0. The summed E-state index contributed by atoms with van der Waals surface area (Å²) in [6, 6.07) is 6.15. The zero-order valence-corrected chi connectivity index (χ0v) is 24.1. The maximum atomic E-state index is 13.0. The molecule has 0 saturated carbocycles. The van der Waals surface area contributed by atoms with Crippen LogP contribution in [0.1, 0.15) is 58.3 Å². The molecule has 2 aliphatic heterocycles. The molecule has 0 aliphatic carbocycles. The second kappa shape index (κ2) is 11.4. The number of piperidine rings is 1. The van der Waals surface area contributed by atoms with Gasteiger partial charge < -0.3 is 18.6 Å². The summed E-state index contributed by atoms with van der Waals surface area (Å²) in [7, 11) is -3.69. The Balaban J connectivity index is 1.17. The van der Waals surface area contributed by atoms with E-state index in [9.17, 15) is 21.6 Å². The van der Waals surface area contributed by atoms with Crippen molar-refractivity contribution in [2.24, 2.45) is 0 Å². The van der Waals surface area contributed by atoms with Crippen LogP contribution in [0.4, 0.5) is 13.2 Å². The fourth-order valence-electron chi connectivity index (χ4n) is 4.70. The summed E-state index contributed by atoms with van der Waals surface area (Å²) < 4.78 is 80.6. The maximum absolute atomic E-state index is 13.0. The van der Waals surface area contributed by atoms with Crippen molar-refractivity contribution >= 4 is 38.7 Å². The molecule has 1 fully saturated rings. The molecular weight excluding hydrogens is 589 g/mol. The number of thiazole rings is 1. The summed E-state index contributed by atoms with van der Waals surface area (Å²) in [5.74, 6) is 0.426. The molecule has 40 heavy (non-hydrogen) atoms. The normalized spacial score (nSPS) is 18.8. The van der Waals surface area contributed by atoms with Gasteiger partial charge in [-0.2, -0.15) is 26.7 Å². The van der Waals surface area contributed by atoms with Gasteiger partial charge in [0.2, 0.25) is 6.29 Å². The lowest BCUT2D eigenvalue weighted by molar-refractivity contribution is -0.155. The van der Waals surface area contributed by atoms with Gasteiger partial charge in [-0.1, -0.05) is 24.4 Å². The van der Waals surface area contributed by atoms with Crippen molar-refractivity contribution in [3.63, 3.8) is 0 Å². The van der Waals surface area contributed by atoms with Gasteiger partial charge in [-0.05, 0) is 37.5 Å². The molecule has 1 atom stereocenters. The highest BCUT2D eigenvalue weighted by Gasteiger charge is 2.35. The van der Waals surface area contributed by atoms with Crippen molar-refractivity contribution in [1.29, 1.82) is 0 Å². The summed E-state index contributed by atoms with van der Waals surface area (Å²) in [6.07, 6.45) is -2.62. The van der Waals surface area contributed by atoms with E-state index >= 15 is 0 Å². The monoisotopic (exact) mass is 616 g/mol. The van der Waals surface area contributed by atoms with E-state index in [1.807, 2.05) is 16.3 Å². The highest BCUT2D eigenvalue weighted by Crippen LogP contribution is 2.36. The van der Waals surface area contributed by atoms with Gasteiger partial charge >= 0.3 is 16.3 Å². The highest BCUT2D eigenvalue weighted by molar-refractivity contribution is 7.86. The van der Waals surface area contributed by atoms with Crippen LogP contribution in [0.15, 0.2) is 29.6 Å². The van der Waals surface area contributed by atoms with Crippen molar-refractivity contribution in [1.82, 2.24) is 19.7 Å². The van der Waals surface area contributed by atoms with Crippen LogP contribution >= 0.6 is 23.6 Å². The molecule has 0 spiro atoms. The van der Waals surface area contributed by atoms with Gasteiger partial charge in [0, 0.05) is 35.6 Å². The molecule has 1 unspecified atom stereocenters. The number of fused-ring (bicyclic) bond motifs is 1. The quantitative estimate of drug-likeness (QED) is 0.281. The van der Waals surface area contributed by atoms with Crippen LogP contribution in [0, 0.1) is 6.92 Å². The number of alkyl halides is 3. The molecule has 0 amide bonds. The fraction of sp³-hybridized carbons (Fsp3) is 0.480. The Hall–Kier alpha value is -2.59. The number of thiocarbonyl (C=S) groups is 1. The largest absolute Gasteiger partial charge is 0.435 e. The van der Waals surface area contributed by atoms with Crippen LogP contribution in [-0.2, 0) is 45.5 Å². The molecule has 15 heteroatoms. The van der Waals surface area contributed by atoms with E-state index in [-0.39, 0.29) is 31.4 Å². The molecule has 2 aromatic heterocycles. The van der Waals surface area contributed by atoms with Crippen LogP contribution < -0.4 is 4.18 Å². The van der Waals surface area contributed by atoms with Gasteiger partial charge in [0.25, 0.3) is 0 Å². The highest BCUT2D eigenvalue weighted by atomic mass is 32.2. The minimum atomic E-state index is -4.49. The van der Waals surface area contributed by atoms with Gasteiger partial charge in [-0.3, -0.25) is 4.68 Å². The molecule has 4 heterocycles. The van der Waals surface area contributed by atoms with Crippen LogP contribution in [-0.4, -0.2) is 52.4 Å². The zero-order valence-electron chi connectivity index (χ0n) is 21.7. The number of ether oxygens (including phenoxy) is 2. The predicted octanol–water partition coefficient (Wildman–Crippen LogP) is 4.96. The first-order chi connectivity index (χ1) is 18.9. The molecule has 0 bridgehead atoms. The number of aryl methyl sites for hydroxylation is 1. The van der Waals surface area contributed by atoms with Gasteiger partial charge in [0.15, 0.2) is 5.69 Å². The topological polar surface area (TPSA) is 95.8 Å². The Kier molecular flexibility index (Phi) is 8.21. The van der Waals surface area contributed by atoms with Gasteiger partial charge in [0.1, 0.15) is 11.4 Å². The summed E-state index contributed by atoms with van der Waals surface area (Å²) in [5.41, 5.74) is 1.53. The molecule has 1 saturated heterocycles. The van der Waals surface area contributed by atoms with Crippen LogP contribution in [0.2, 0.25) is 0 Å². The van der Waals surface area contributed by atoms with Crippen molar-refractivity contribution in [3.8, 4) is 5.75 Å². The smallest absolute Gasteiger partial charge is 0.382 e. The lowest BCUT2D eigenvalue weighted by Gasteiger charge is -2.33. The van der Waals surface area contributed by atoms with Gasteiger partial charge in [-0.25, -0.2) is 4.98 Å². The van der Waals surface area contributed by atoms with Crippen molar-refractivity contribution < 1.29 is 35.2 Å². The average molecular weight is 617 g/mol. The van der Waals surface area contributed by atoms with Crippen molar-refractivity contribution in [3.05, 3.63) is 62.9 Å². The Morgan fingerprint density at radius 1 is 1.23 bits per heavy atom. The maximum Gasteiger partial charge on any atom is 0.435 e. The van der Waals surface area contributed by atoms with Gasteiger partial charge in [0.05, 0.1) is 36.0 Å². The second-order valence-electron chi connectivity index (χ2n) is 9.73. The summed E-state index contributed by atoms with van der Waals surface area (Å²) in [6.45, 7) is 3.36. The van der Waals surface area contributed by atoms with E-state index < -0.39 is 28.3 Å². The molecule has 5 rings (SSSR count). The van der Waals surface area contributed by atoms with Crippen molar-refractivity contribution in [2.45, 2.75) is 57.9 Å². The van der Waals surface area contributed by atoms with E-state index in [0.717, 1.165) is 35.7 Å². The number of likely N-dealkylation sites (tertiary alicyclic amines) is 1. The summed E-state index contributed by atoms with van der Waals surface area (Å²) in [4.78, 5) is 7.35. The van der Waals surface area contributed by atoms with Crippen LogP contribution in [0.3, 0.4) is 0 Å². The average Bonchev–Trinajstić information content (AvgIpc) is 3.45. The SMILES string of the molecule is Cc1cc(C(F)(F)F)nn1CC(=S)N1CCC(c2nc(C3OCc4cccc(OS(C)(=O)=O)c4CO3)cs2)CC1. The Bertz CT molecular complexity index is 1500. The van der Waals surface area contributed by atoms with E-state index in [1.165, 1.54) is 16.0 Å². The Labute approximate surface area is 239 Å². The number of rotatable bonds is 6. The molecule has 0 radical (unpaired) electrons. The molecule has 216 valence electrons. The van der Waals surface area contributed by atoms with E-state index in [0.29, 0.717) is 35.0 Å². The van der Waals surface area contributed by atoms with E-state index in [1.54, 1.807) is 19.1 Å². The minimum absolute atomic E-state index is 0.106. The zero-order chi connectivity index (χ0) is 28.7. The van der Waals surface area contributed by atoms with E-state index in [4.69, 9.17) is 30.9 Å². The predicted molar refractivity (Wildman–Crippen MR) is 144 cm³/mol. The molecule has 9 nitrogen and oxygen atoms in total. The first kappa shape index (κ1) is 28.9. The molecule has 0 N–H and O–H groups in total. The van der Waals surface area contributed by atoms with E-state index in [2.05, 4.69) is 5.10 Å². The number of hydrogen-bond acceptors (Lipinski definition) is 9. The lowest BCUT2D eigenvalue weighted by atomic mass is 9.97. The van der Waals surface area contributed by atoms with Gasteiger partial charge in [-0.15, -0.1) is 11.3 Å². The lowest BCUT2D eigenvalue weighted by Crippen LogP contribution is -2.39. The second-order valence-corrected chi connectivity index (χ2v) is 12.7. The minimum Gasteiger partial charge on any atom is -0.382 e. The standard InChI is InChI=1S/C25H27F3N4O5S3/c1-15-10-21(25(26,27)28)30-32(15)11-22(38)31-8-6-16(7-9-31)23-29-19(14-39-23)24-35-12-17-4-3-5-20(18(17)13-36-24)37-40(2,33)34/h3-5,10,14,16,24H,6-9,11-13H2,1-2H3. The number of aromatic nitrogens is 3. The first-order valence-corrected chi connectivity index (χ1v) is 15.6. The van der Waals surface area contributed by atoms with Crippen LogP contribution in [0.5, 0.6) is 5.75 Å². The summed E-state index contributed by atoms with van der Waals surface area (Å²) in [5, 5.41) is 6.53. The van der Waals surface area contributed by atoms with Crippen molar-refractivity contribution in [2.75, 3.05) is 19.3 Å². The number of halogens is 3. The number of benzene rings is 1. The third kappa shape index (κ3) is 6.65. The third-order valence-corrected chi connectivity index (χ3v) is 8.67. The third-order valence-electron chi connectivity index (χ3n) is 6.78. The Morgan fingerprint density at radius 2 is 1.95 bits per heavy atom. The first-order valence-electron chi connectivity index (χ1n) is 12.5.